The largest absolute Gasteiger partial charge is 0.416 e. The Balaban J connectivity index is 3.24. The third kappa shape index (κ3) is 1.98. The minimum atomic E-state index is -4.32. The highest BCUT2D eigenvalue weighted by Gasteiger charge is 2.32. The van der Waals surface area contributed by atoms with E-state index in [9.17, 15) is 13.2 Å². The van der Waals surface area contributed by atoms with Crippen LogP contribution in [0.4, 0.5) is 13.2 Å². The summed E-state index contributed by atoms with van der Waals surface area (Å²) in [5.74, 6) is 0. The number of hydrogen-bond donors (Lipinski definition) is 1. The molecule has 72 valence electrons. The zero-order valence-corrected chi connectivity index (χ0v) is 7.02. The summed E-state index contributed by atoms with van der Waals surface area (Å²) in [6.45, 7) is 1.40. The van der Waals surface area contributed by atoms with Gasteiger partial charge in [0.05, 0.1) is 11.3 Å². The molecule has 0 fully saturated rings. The second kappa shape index (κ2) is 3.33. The molecule has 1 rings (SSSR count). The Hall–Kier alpha value is -1.10. The van der Waals surface area contributed by atoms with Crippen LogP contribution in [0.5, 0.6) is 0 Å². The van der Waals surface area contributed by atoms with E-state index in [0.29, 0.717) is 0 Å². The Kier molecular flexibility index (Phi) is 2.56. The van der Waals surface area contributed by atoms with Crippen LogP contribution in [0.2, 0.25) is 0 Å². The van der Waals surface area contributed by atoms with Crippen molar-refractivity contribution in [3.8, 4) is 0 Å². The normalized spacial score (nSPS) is 11.8. The van der Waals surface area contributed by atoms with Crippen molar-refractivity contribution in [2.24, 2.45) is 5.73 Å². The van der Waals surface area contributed by atoms with Gasteiger partial charge in [-0.15, -0.1) is 0 Å². The van der Waals surface area contributed by atoms with Crippen molar-refractivity contribution >= 4 is 0 Å². The highest BCUT2D eigenvalue weighted by molar-refractivity contribution is 5.30. The molecule has 2 N–H and O–H groups in total. The van der Waals surface area contributed by atoms with Crippen molar-refractivity contribution in [1.82, 2.24) is 4.98 Å². The lowest BCUT2D eigenvalue weighted by Crippen LogP contribution is -2.12. The van der Waals surface area contributed by atoms with E-state index in [4.69, 9.17) is 5.73 Å². The number of rotatable bonds is 1. The van der Waals surface area contributed by atoms with Gasteiger partial charge in [0.25, 0.3) is 0 Å². The Morgan fingerprint density at radius 1 is 1.46 bits per heavy atom. The average molecular weight is 190 g/mol. The number of alkyl halides is 3. The number of nitrogens with two attached hydrogens (primary N) is 1. The average Bonchev–Trinajstić information content (AvgIpc) is 2.02. The molecule has 5 heteroatoms. The second-order valence-electron chi connectivity index (χ2n) is 2.63. The van der Waals surface area contributed by atoms with Crippen molar-refractivity contribution in [2.45, 2.75) is 19.6 Å². The topological polar surface area (TPSA) is 38.9 Å². The Labute approximate surface area is 73.6 Å². The predicted molar refractivity (Wildman–Crippen MR) is 41.9 cm³/mol. The number of halogens is 3. The number of nitrogens with zero attached hydrogens (tertiary/aromatic N) is 1. The molecule has 13 heavy (non-hydrogen) atoms. The van der Waals surface area contributed by atoms with E-state index in [1.165, 1.54) is 6.92 Å². The highest BCUT2D eigenvalue weighted by atomic mass is 19.4. The number of pyridine rings is 1. The molecule has 0 amide bonds. The highest BCUT2D eigenvalue weighted by Crippen LogP contribution is 2.31. The first-order valence-electron chi connectivity index (χ1n) is 3.68. The van der Waals surface area contributed by atoms with Gasteiger partial charge in [0.15, 0.2) is 0 Å². The lowest BCUT2D eigenvalue weighted by molar-refractivity contribution is -0.138. The molecular formula is C8H9F3N2. The monoisotopic (exact) mass is 190 g/mol. The van der Waals surface area contributed by atoms with E-state index >= 15 is 0 Å². The molecule has 2 nitrogen and oxygen atoms in total. The van der Waals surface area contributed by atoms with E-state index in [2.05, 4.69) is 4.98 Å². The van der Waals surface area contributed by atoms with Crippen LogP contribution in [0.1, 0.15) is 16.8 Å². The molecule has 1 heterocycles. The molecule has 0 radical (unpaired) electrons. The van der Waals surface area contributed by atoms with E-state index in [1.54, 1.807) is 0 Å². The number of aromatic nitrogens is 1. The van der Waals surface area contributed by atoms with Crippen molar-refractivity contribution in [1.29, 1.82) is 0 Å². The second-order valence-corrected chi connectivity index (χ2v) is 2.63. The Morgan fingerprint density at radius 3 is 2.54 bits per heavy atom. The maximum absolute atomic E-state index is 12.3. The van der Waals surface area contributed by atoms with Crippen molar-refractivity contribution in [2.75, 3.05) is 0 Å². The van der Waals surface area contributed by atoms with Crippen molar-refractivity contribution < 1.29 is 13.2 Å². The zero-order chi connectivity index (χ0) is 10.1. The van der Waals surface area contributed by atoms with Gasteiger partial charge in [0.1, 0.15) is 0 Å². The van der Waals surface area contributed by atoms with Gasteiger partial charge >= 0.3 is 6.18 Å². The summed E-state index contributed by atoms with van der Waals surface area (Å²) in [5, 5.41) is 0. The summed E-state index contributed by atoms with van der Waals surface area (Å²) in [4.78, 5) is 3.75. The minimum Gasteiger partial charge on any atom is -0.325 e. The van der Waals surface area contributed by atoms with Crippen LogP contribution in [0, 0.1) is 6.92 Å². The van der Waals surface area contributed by atoms with E-state index in [1.807, 2.05) is 0 Å². The van der Waals surface area contributed by atoms with Gasteiger partial charge in [-0.1, -0.05) is 0 Å². The lowest BCUT2D eigenvalue weighted by Gasteiger charge is -2.11. The van der Waals surface area contributed by atoms with Gasteiger partial charge in [-0.2, -0.15) is 13.2 Å². The molecule has 0 aliphatic carbocycles. The van der Waals surface area contributed by atoms with Crippen LogP contribution in [0.25, 0.3) is 0 Å². The summed E-state index contributed by atoms with van der Waals surface area (Å²) < 4.78 is 36.9. The maximum atomic E-state index is 12.3. The smallest absolute Gasteiger partial charge is 0.325 e. The molecule has 0 atom stereocenters. The first-order chi connectivity index (χ1) is 5.96. The van der Waals surface area contributed by atoms with Gasteiger partial charge in [-0.25, -0.2) is 0 Å². The number of hydrogen-bond acceptors (Lipinski definition) is 2. The Bertz CT molecular complexity index is 307. The molecule has 0 saturated heterocycles. The van der Waals surface area contributed by atoms with E-state index in [0.717, 1.165) is 12.3 Å². The zero-order valence-electron chi connectivity index (χ0n) is 7.02. The van der Waals surface area contributed by atoms with E-state index in [-0.39, 0.29) is 17.8 Å². The van der Waals surface area contributed by atoms with Gasteiger partial charge in [0, 0.05) is 12.7 Å². The van der Waals surface area contributed by atoms with E-state index < -0.39 is 11.7 Å². The molecule has 0 spiro atoms. The molecular weight excluding hydrogens is 181 g/mol. The van der Waals surface area contributed by atoms with Crippen LogP contribution in [0.3, 0.4) is 0 Å². The first kappa shape index (κ1) is 9.98. The molecule has 0 bridgehead atoms. The molecule has 0 unspecified atom stereocenters. The van der Waals surface area contributed by atoms with Crippen LogP contribution >= 0.6 is 0 Å². The standard InChI is InChI=1S/C8H9F3N2/c1-5-6(8(9,10)11)2-3-13-7(5)4-12/h2-3H,4,12H2,1H3. The fourth-order valence-corrected chi connectivity index (χ4v) is 1.09. The molecule has 1 aromatic heterocycles. The quantitative estimate of drug-likeness (QED) is 0.734. The summed E-state index contributed by atoms with van der Waals surface area (Å²) in [5.41, 5.74) is 4.96. The molecule has 0 saturated carbocycles. The van der Waals surface area contributed by atoms with Gasteiger partial charge in [-0.3, -0.25) is 4.98 Å². The summed E-state index contributed by atoms with van der Waals surface area (Å²) in [6.07, 6.45) is -3.20. The summed E-state index contributed by atoms with van der Waals surface area (Å²) >= 11 is 0. The van der Waals surface area contributed by atoms with Gasteiger partial charge < -0.3 is 5.73 Å². The van der Waals surface area contributed by atoms with Gasteiger partial charge in [0.2, 0.25) is 0 Å². The van der Waals surface area contributed by atoms with Crippen molar-refractivity contribution in [3.05, 3.63) is 29.1 Å². The van der Waals surface area contributed by atoms with Crippen LogP contribution < -0.4 is 5.73 Å². The van der Waals surface area contributed by atoms with Crippen LogP contribution in [0.15, 0.2) is 12.3 Å². The van der Waals surface area contributed by atoms with Gasteiger partial charge in [-0.05, 0) is 18.6 Å². The summed E-state index contributed by atoms with van der Waals surface area (Å²) in [7, 11) is 0. The molecule has 1 aromatic rings. The molecule has 0 aromatic carbocycles. The Morgan fingerprint density at radius 2 is 2.08 bits per heavy atom. The van der Waals surface area contributed by atoms with Crippen LogP contribution in [-0.2, 0) is 12.7 Å². The third-order valence-corrected chi connectivity index (χ3v) is 1.81. The lowest BCUT2D eigenvalue weighted by atomic mass is 10.1. The first-order valence-corrected chi connectivity index (χ1v) is 3.68. The minimum absolute atomic E-state index is 0.0236. The summed E-state index contributed by atoms with van der Waals surface area (Å²) in [6, 6.07) is 0.953. The molecule has 0 aliphatic heterocycles. The molecule has 0 aliphatic rings. The third-order valence-electron chi connectivity index (χ3n) is 1.81. The van der Waals surface area contributed by atoms with Crippen LogP contribution in [-0.4, -0.2) is 4.98 Å². The SMILES string of the molecule is Cc1c(C(F)(F)F)ccnc1CN. The fourth-order valence-electron chi connectivity index (χ4n) is 1.09. The maximum Gasteiger partial charge on any atom is 0.416 e. The fraction of sp³-hybridized carbons (Fsp3) is 0.375. The van der Waals surface area contributed by atoms with Crippen molar-refractivity contribution in [3.63, 3.8) is 0 Å². The predicted octanol–water partition coefficient (Wildman–Crippen LogP) is 1.87.